The molecule has 30 heavy (non-hydrogen) atoms. The van der Waals surface area contributed by atoms with Gasteiger partial charge in [-0.3, -0.25) is 0 Å². The first-order valence-electron chi connectivity index (χ1n) is 13.3. The molecule has 0 spiro atoms. The third-order valence-electron chi connectivity index (χ3n) is 11.0. The Kier molecular flexibility index (Phi) is 6.24. The molecule has 0 aromatic rings. The molecule has 0 radical (unpaired) electrons. The van der Waals surface area contributed by atoms with E-state index in [1.807, 2.05) is 0 Å². The lowest BCUT2D eigenvalue weighted by Gasteiger charge is -2.57. The molecular weight excluding hydrogens is 364 g/mol. The molecule has 2 fully saturated rings. The van der Waals surface area contributed by atoms with Crippen LogP contribution < -0.4 is 0 Å². The van der Waals surface area contributed by atoms with Gasteiger partial charge < -0.3 is 5.11 Å². The molecule has 170 valence electrons. The van der Waals surface area contributed by atoms with Crippen LogP contribution in [-0.4, -0.2) is 5.11 Å². The summed E-state index contributed by atoms with van der Waals surface area (Å²) in [6, 6.07) is 0. The highest BCUT2D eigenvalue weighted by Gasteiger charge is 2.58. The first-order chi connectivity index (χ1) is 14.2. The van der Waals surface area contributed by atoms with Gasteiger partial charge in [0.15, 0.2) is 0 Å². The molecule has 1 nitrogen and oxygen atoms in total. The van der Waals surface area contributed by atoms with Crippen LogP contribution in [0.5, 0.6) is 0 Å². The van der Waals surface area contributed by atoms with E-state index in [0.29, 0.717) is 16.6 Å². The molecule has 1 heteroatoms. The van der Waals surface area contributed by atoms with Crippen LogP contribution in [0.2, 0.25) is 0 Å². The van der Waals surface area contributed by atoms with Crippen molar-refractivity contribution in [3.63, 3.8) is 0 Å². The van der Waals surface area contributed by atoms with Gasteiger partial charge in [0.25, 0.3) is 0 Å². The fourth-order valence-electron chi connectivity index (χ4n) is 8.97. The molecule has 0 amide bonds. The van der Waals surface area contributed by atoms with Gasteiger partial charge >= 0.3 is 0 Å². The van der Waals surface area contributed by atoms with E-state index in [0.717, 1.165) is 54.3 Å². The summed E-state index contributed by atoms with van der Waals surface area (Å²) >= 11 is 0. The molecule has 2 saturated carbocycles. The molecular formula is C29H48O. The van der Waals surface area contributed by atoms with E-state index in [-0.39, 0.29) is 0 Å². The maximum Gasteiger partial charge on any atom is 0.0923 e. The van der Waals surface area contributed by atoms with Gasteiger partial charge in [-0.25, -0.2) is 0 Å². The summed E-state index contributed by atoms with van der Waals surface area (Å²) in [5, 5.41) is 10.1. The third-order valence-corrected chi connectivity index (χ3v) is 11.0. The molecule has 0 unspecified atom stereocenters. The van der Waals surface area contributed by atoms with Crippen molar-refractivity contribution in [1.29, 1.82) is 0 Å². The number of aliphatic hydroxyl groups excluding tert-OH is 1. The molecule has 8 atom stereocenters. The fraction of sp³-hybridized carbons (Fsp3) is 0.862. The van der Waals surface area contributed by atoms with E-state index in [1.54, 1.807) is 5.57 Å². The Bertz CT molecular complexity index is 686. The van der Waals surface area contributed by atoms with E-state index in [9.17, 15) is 5.11 Å². The second-order valence-electron chi connectivity index (χ2n) is 12.5. The second kappa shape index (κ2) is 8.32. The molecule has 1 N–H and O–H groups in total. The highest BCUT2D eigenvalue weighted by molar-refractivity contribution is 5.30. The number of fused-ring (bicyclic) bond motifs is 5. The SMILES string of the molecule is CC[C@H](CC[C@@H](C)[C@H]1CC[C@H]2[C@@H]3CC=C4CC(O)=CC[C@]4(C)[C@H]3CC[C@]12C)C(C)C. The minimum Gasteiger partial charge on any atom is -0.512 e. The van der Waals surface area contributed by atoms with Crippen molar-refractivity contribution in [2.24, 2.45) is 52.3 Å². The maximum absolute atomic E-state index is 10.1. The molecule has 4 aliphatic carbocycles. The van der Waals surface area contributed by atoms with Crippen molar-refractivity contribution in [3.05, 3.63) is 23.5 Å². The average molecular weight is 413 g/mol. The van der Waals surface area contributed by atoms with Crippen LogP contribution >= 0.6 is 0 Å². The van der Waals surface area contributed by atoms with Crippen molar-refractivity contribution in [2.75, 3.05) is 0 Å². The first-order valence-corrected chi connectivity index (χ1v) is 13.3. The lowest BCUT2D eigenvalue weighted by molar-refractivity contribution is -0.0454. The average Bonchev–Trinajstić information content (AvgIpc) is 3.06. The second-order valence-corrected chi connectivity index (χ2v) is 12.5. The monoisotopic (exact) mass is 412 g/mol. The topological polar surface area (TPSA) is 20.2 Å². The standard InChI is InChI=1S/C29H48O/c1-7-21(19(2)3)9-8-20(4)25-12-13-26-24-11-10-22-18-23(30)14-16-28(22,5)27(24)15-17-29(25,26)6/h10,14,19-21,24-27,30H,7-9,11-13,15-18H2,1-6H3/t20-,21-,24+,25-,26+,27+,28+,29-/m1/s1. The van der Waals surface area contributed by atoms with Gasteiger partial charge in [0.1, 0.15) is 0 Å². The van der Waals surface area contributed by atoms with Crippen molar-refractivity contribution >= 4 is 0 Å². The van der Waals surface area contributed by atoms with E-state index >= 15 is 0 Å². The zero-order valence-corrected chi connectivity index (χ0v) is 20.7. The predicted octanol–water partition coefficient (Wildman–Crippen LogP) is 8.72. The van der Waals surface area contributed by atoms with Crippen molar-refractivity contribution in [1.82, 2.24) is 0 Å². The van der Waals surface area contributed by atoms with Gasteiger partial charge in [0.2, 0.25) is 0 Å². The summed E-state index contributed by atoms with van der Waals surface area (Å²) in [7, 11) is 0. The Morgan fingerprint density at radius 3 is 2.50 bits per heavy atom. The van der Waals surface area contributed by atoms with Crippen molar-refractivity contribution in [3.8, 4) is 0 Å². The summed E-state index contributed by atoms with van der Waals surface area (Å²) in [6.45, 7) is 15.0. The molecule has 0 aromatic heterocycles. The van der Waals surface area contributed by atoms with E-state index in [4.69, 9.17) is 0 Å². The molecule has 4 aliphatic rings. The summed E-state index contributed by atoms with van der Waals surface area (Å²) in [4.78, 5) is 0. The summed E-state index contributed by atoms with van der Waals surface area (Å²) in [5.41, 5.74) is 2.43. The summed E-state index contributed by atoms with van der Waals surface area (Å²) in [6.07, 6.45) is 17.8. The van der Waals surface area contributed by atoms with E-state index in [1.165, 1.54) is 51.4 Å². The van der Waals surface area contributed by atoms with Gasteiger partial charge in [-0.2, -0.15) is 0 Å². The minimum absolute atomic E-state index is 0.311. The number of allylic oxidation sites excluding steroid dienone is 3. The Hall–Kier alpha value is -0.720. The Morgan fingerprint density at radius 1 is 1.03 bits per heavy atom. The van der Waals surface area contributed by atoms with Crippen LogP contribution in [0.25, 0.3) is 0 Å². The number of rotatable bonds is 6. The van der Waals surface area contributed by atoms with Crippen molar-refractivity contribution in [2.45, 2.75) is 106 Å². The highest BCUT2D eigenvalue weighted by Crippen LogP contribution is 2.67. The lowest BCUT2D eigenvalue weighted by Crippen LogP contribution is -2.49. The van der Waals surface area contributed by atoms with Crippen molar-refractivity contribution < 1.29 is 5.11 Å². The van der Waals surface area contributed by atoms with Crippen LogP contribution in [-0.2, 0) is 0 Å². The molecule has 0 bridgehead atoms. The van der Waals surface area contributed by atoms with Gasteiger partial charge in [0.05, 0.1) is 5.76 Å². The molecule has 0 saturated heterocycles. The van der Waals surface area contributed by atoms with E-state index in [2.05, 4.69) is 53.7 Å². The van der Waals surface area contributed by atoms with Crippen LogP contribution in [0.3, 0.4) is 0 Å². The van der Waals surface area contributed by atoms with E-state index < -0.39 is 0 Å². The maximum atomic E-state index is 10.1. The van der Waals surface area contributed by atoms with Crippen LogP contribution in [0, 0.1) is 52.3 Å². The highest BCUT2D eigenvalue weighted by atomic mass is 16.3. The van der Waals surface area contributed by atoms with Gasteiger partial charge in [-0.1, -0.05) is 66.0 Å². The molecule has 0 heterocycles. The summed E-state index contributed by atoms with van der Waals surface area (Å²) < 4.78 is 0. The number of hydrogen-bond donors (Lipinski definition) is 1. The molecule has 4 rings (SSSR count). The van der Waals surface area contributed by atoms with Gasteiger partial charge in [0, 0.05) is 6.42 Å². The summed E-state index contributed by atoms with van der Waals surface area (Å²) in [5.74, 6) is 6.79. The quantitative estimate of drug-likeness (QED) is 0.432. The van der Waals surface area contributed by atoms with Crippen LogP contribution in [0.1, 0.15) is 106 Å². The Morgan fingerprint density at radius 2 is 1.80 bits per heavy atom. The Labute approximate surface area is 186 Å². The largest absolute Gasteiger partial charge is 0.512 e. The van der Waals surface area contributed by atoms with Gasteiger partial charge in [-0.15, -0.1) is 0 Å². The smallest absolute Gasteiger partial charge is 0.0923 e. The Balaban J connectivity index is 1.48. The minimum atomic E-state index is 0.311. The number of aliphatic hydroxyl groups is 1. The van der Waals surface area contributed by atoms with Crippen LogP contribution in [0.4, 0.5) is 0 Å². The number of hydrogen-bond acceptors (Lipinski definition) is 1. The lowest BCUT2D eigenvalue weighted by atomic mass is 9.47. The third kappa shape index (κ3) is 3.61. The zero-order chi connectivity index (χ0) is 21.7. The van der Waals surface area contributed by atoms with Gasteiger partial charge in [-0.05, 0) is 103 Å². The first kappa shape index (κ1) is 22.5. The van der Waals surface area contributed by atoms with Crippen LogP contribution in [0.15, 0.2) is 23.5 Å². The zero-order valence-electron chi connectivity index (χ0n) is 20.7. The fourth-order valence-corrected chi connectivity index (χ4v) is 8.97. The normalized spacial score (nSPS) is 42.6. The predicted molar refractivity (Wildman–Crippen MR) is 128 cm³/mol. The molecule has 0 aromatic carbocycles. The molecule has 0 aliphatic heterocycles.